The minimum Gasteiger partial charge on any atom is -0.352 e. The molecule has 0 saturated heterocycles. The van der Waals surface area contributed by atoms with Crippen LogP contribution in [0.15, 0.2) is 42.7 Å². The molecule has 0 radical (unpaired) electrons. The van der Waals surface area contributed by atoms with Crippen LogP contribution in [0.2, 0.25) is 0 Å². The number of hydrogen-bond donors (Lipinski definition) is 2. The second kappa shape index (κ2) is 6.70. The minimum atomic E-state index is -0.0849. The van der Waals surface area contributed by atoms with Gasteiger partial charge in [0, 0.05) is 12.7 Å². The molecule has 0 bridgehead atoms. The highest BCUT2D eigenvalue weighted by molar-refractivity contribution is 5.93. The molecule has 0 spiro atoms. The van der Waals surface area contributed by atoms with E-state index in [1.54, 1.807) is 17.1 Å². The first-order valence-corrected chi connectivity index (χ1v) is 6.34. The zero-order chi connectivity index (χ0) is 13.5. The molecule has 0 aliphatic heterocycles. The molecule has 0 atom stereocenters. The summed E-state index contributed by atoms with van der Waals surface area (Å²) in [6.45, 7) is 1.56. The van der Waals surface area contributed by atoms with Gasteiger partial charge in [-0.25, -0.2) is 4.68 Å². The zero-order valence-electron chi connectivity index (χ0n) is 11.0. The van der Waals surface area contributed by atoms with Crippen LogP contribution in [0, 0.1) is 0 Å². The lowest BCUT2D eigenvalue weighted by atomic mass is 10.3. The van der Waals surface area contributed by atoms with Crippen molar-refractivity contribution < 1.29 is 4.79 Å². The van der Waals surface area contributed by atoms with Gasteiger partial charge < -0.3 is 10.6 Å². The van der Waals surface area contributed by atoms with Gasteiger partial charge in [-0.1, -0.05) is 18.2 Å². The Morgan fingerprint density at radius 1 is 1.26 bits per heavy atom. The van der Waals surface area contributed by atoms with E-state index in [-0.39, 0.29) is 5.91 Å². The Labute approximate surface area is 112 Å². The van der Waals surface area contributed by atoms with Gasteiger partial charge in [0.05, 0.1) is 17.4 Å². The van der Waals surface area contributed by atoms with Crippen molar-refractivity contribution in [2.24, 2.45) is 0 Å². The topological polar surface area (TPSA) is 58.9 Å². The molecule has 1 amide bonds. The summed E-state index contributed by atoms with van der Waals surface area (Å²) in [7, 11) is 1.89. The first kappa shape index (κ1) is 13.3. The number of rotatable bonds is 6. The standard InChI is InChI=1S/C14H18N4O/c1-15-8-5-9-16-14(19)12-10-17-18(11-12)13-6-3-2-4-7-13/h2-4,6-7,10-11,15H,5,8-9H2,1H3,(H,16,19). The van der Waals surface area contributed by atoms with Crippen molar-refractivity contribution in [1.29, 1.82) is 0 Å². The van der Waals surface area contributed by atoms with E-state index in [1.807, 2.05) is 37.4 Å². The van der Waals surface area contributed by atoms with Gasteiger partial charge in [0.1, 0.15) is 0 Å². The third-order valence-corrected chi connectivity index (χ3v) is 2.75. The number of para-hydroxylation sites is 1. The molecule has 1 aromatic heterocycles. The second-order valence-electron chi connectivity index (χ2n) is 4.22. The fourth-order valence-corrected chi connectivity index (χ4v) is 1.73. The molecular formula is C14H18N4O. The van der Waals surface area contributed by atoms with E-state index in [4.69, 9.17) is 0 Å². The van der Waals surface area contributed by atoms with E-state index >= 15 is 0 Å². The Balaban J connectivity index is 1.95. The van der Waals surface area contributed by atoms with Crippen LogP contribution < -0.4 is 10.6 Å². The van der Waals surface area contributed by atoms with E-state index < -0.39 is 0 Å². The number of amides is 1. The average molecular weight is 258 g/mol. The van der Waals surface area contributed by atoms with E-state index in [0.29, 0.717) is 12.1 Å². The van der Waals surface area contributed by atoms with Crippen LogP contribution >= 0.6 is 0 Å². The zero-order valence-corrected chi connectivity index (χ0v) is 11.0. The molecule has 2 N–H and O–H groups in total. The van der Waals surface area contributed by atoms with Gasteiger partial charge in [0.2, 0.25) is 0 Å². The largest absolute Gasteiger partial charge is 0.352 e. The normalized spacial score (nSPS) is 10.4. The fourth-order valence-electron chi connectivity index (χ4n) is 1.73. The van der Waals surface area contributed by atoms with Crippen LogP contribution in [0.3, 0.4) is 0 Å². The van der Waals surface area contributed by atoms with Gasteiger partial charge in [0.25, 0.3) is 5.91 Å². The Morgan fingerprint density at radius 2 is 2.05 bits per heavy atom. The SMILES string of the molecule is CNCCCNC(=O)c1cnn(-c2ccccc2)c1. The molecule has 2 aromatic rings. The molecule has 0 aliphatic rings. The van der Waals surface area contributed by atoms with Crippen molar-refractivity contribution in [3.05, 3.63) is 48.3 Å². The quantitative estimate of drug-likeness (QED) is 0.766. The number of hydrogen-bond acceptors (Lipinski definition) is 3. The molecule has 5 nitrogen and oxygen atoms in total. The molecule has 5 heteroatoms. The number of carbonyl (C=O) groups is 1. The molecule has 0 unspecified atom stereocenters. The first-order valence-electron chi connectivity index (χ1n) is 6.34. The molecule has 1 aromatic carbocycles. The smallest absolute Gasteiger partial charge is 0.254 e. The summed E-state index contributed by atoms with van der Waals surface area (Å²) in [6, 6.07) is 9.72. The lowest BCUT2D eigenvalue weighted by molar-refractivity contribution is 0.0953. The summed E-state index contributed by atoms with van der Waals surface area (Å²) < 4.78 is 1.70. The van der Waals surface area contributed by atoms with E-state index in [2.05, 4.69) is 15.7 Å². The molecule has 1 heterocycles. The van der Waals surface area contributed by atoms with Gasteiger partial charge >= 0.3 is 0 Å². The maximum atomic E-state index is 11.9. The predicted octanol–water partition coefficient (Wildman–Crippen LogP) is 1.21. The maximum Gasteiger partial charge on any atom is 0.254 e. The van der Waals surface area contributed by atoms with Crippen LogP contribution in [-0.4, -0.2) is 35.8 Å². The number of nitrogens with one attached hydrogen (secondary N) is 2. The van der Waals surface area contributed by atoms with Crippen LogP contribution in [0.4, 0.5) is 0 Å². The summed E-state index contributed by atoms with van der Waals surface area (Å²) in [5, 5.41) is 10.1. The monoisotopic (exact) mass is 258 g/mol. The van der Waals surface area contributed by atoms with Gasteiger partial charge in [-0.3, -0.25) is 4.79 Å². The van der Waals surface area contributed by atoms with Gasteiger partial charge in [-0.15, -0.1) is 0 Å². The van der Waals surface area contributed by atoms with E-state index in [0.717, 1.165) is 18.7 Å². The van der Waals surface area contributed by atoms with Crippen LogP contribution in [0.5, 0.6) is 0 Å². The van der Waals surface area contributed by atoms with Crippen molar-refractivity contribution in [3.8, 4) is 5.69 Å². The number of carbonyl (C=O) groups excluding carboxylic acids is 1. The predicted molar refractivity (Wildman–Crippen MR) is 74.4 cm³/mol. The molecule has 2 rings (SSSR count). The highest BCUT2D eigenvalue weighted by Crippen LogP contribution is 2.07. The molecule has 19 heavy (non-hydrogen) atoms. The number of nitrogens with zero attached hydrogens (tertiary/aromatic N) is 2. The highest BCUT2D eigenvalue weighted by atomic mass is 16.1. The third-order valence-electron chi connectivity index (χ3n) is 2.75. The summed E-state index contributed by atoms with van der Waals surface area (Å²) in [6.07, 6.45) is 4.23. The van der Waals surface area contributed by atoms with Crippen molar-refractivity contribution in [1.82, 2.24) is 20.4 Å². The Kier molecular flexibility index (Phi) is 4.69. The molecule has 0 saturated carbocycles. The number of benzene rings is 1. The van der Waals surface area contributed by atoms with Gasteiger partial charge in [-0.05, 0) is 32.1 Å². The summed E-state index contributed by atoms with van der Waals surface area (Å²) in [5.41, 5.74) is 1.52. The van der Waals surface area contributed by atoms with E-state index in [9.17, 15) is 4.79 Å². The second-order valence-corrected chi connectivity index (χ2v) is 4.22. The van der Waals surface area contributed by atoms with Crippen LogP contribution in [0.1, 0.15) is 16.8 Å². The van der Waals surface area contributed by atoms with Crippen molar-refractivity contribution in [2.45, 2.75) is 6.42 Å². The summed E-state index contributed by atoms with van der Waals surface area (Å²) >= 11 is 0. The lowest BCUT2D eigenvalue weighted by Gasteiger charge is -2.02. The highest BCUT2D eigenvalue weighted by Gasteiger charge is 2.08. The average Bonchev–Trinajstić information content (AvgIpc) is 2.94. The molecule has 100 valence electrons. The Hall–Kier alpha value is -2.14. The first-order chi connectivity index (χ1) is 9.31. The van der Waals surface area contributed by atoms with E-state index in [1.165, 1.54) is 0 Å². The van der Waals surface area contributed by atoms with Crippen molar-refractivity contribution in [3.63, 3.8) is 0 Å². The molecule has 0 aliphatic carbocycles. The van der Waals surface area contributed by atoms with Gasteiger partial charge in [0.15, 0.2) is 0 Å². The third kappa shape index (κ3) is 3.66. The molecular weight excluding hydrogens is 240 g/mol. The Morgan fingerprint density at radius 3 is 2.79 bits per heavy atom. The fraction of sp³-hybridized carbons (Fsp3) is 0.286. The van der Waals surface area contributed by atoms with Crippen LogP contribution in [0.25, 0.3) is 5.69 Å². The maximum absolute atomic E-state index is 11.9. The summed E-state index contributed by atoms with van der Waals surface area (Å²) in [4.78, 5) is 11.9. The van der Waals surface area contributed by atoms with Crippen LogP contribution in [-0.2, 0) is 0 Å². The van der Waals surface area contributed by atoms with Gasteiger partial charge in [-0.2, -0.15) is 5.10 Å². The Bertz CT molecular complexity index is 521. The van der Waals surface area contributed by atoms with Crippen molar-refractivity contribution in [2.75, 3.05) is 20.1 Å². The molecule has 0 fully saturated rings. The van der Waals surface area contributed by atoms with Crippen molar-refractivity contribution >= 4 is 5.91 Å². The lowest BCUT2D eigenvalue weighted by Crippen LogP contribution is -2.26. The summed E-state index contributed by atoms with van der Waals surface area (Å²) in [5.74, 6) is -0.0849. The number of aromatic nitrogens is 2. The minimum absolute atomic E-state index is 0.0849.